The minimum atomic E-state index is -0.491. The Morgan fingerprint density at radius 1 is 1.05 bits per heavy atom. The van der Waals surface area contributed by atoms with Gasteiger partial charge in [0.2, 0.25) is 5.91 Å². The average Bonchev–Trinajstić information content (AvgIpc) is 2.88. The molecule has 0 spiro atoms. The van der Waals surface area contributed by atoms with Crippen LogP contribution in [0.25, 0.3) is 0 Å². The molecule has 110 valence electrons. The molecule has 0 unspecified atom stereocenters. The lowest BCUT2D eigenvalue weighted by molar-refractivity contribution is 0.0998. The van der Waals surface area contributed by atoms with E-state index in [0.29, 0.717) is 16.8 Å². The minimum absolute atomic E-state index is 0.0678. The molecule has 1 aromatic heterocycles. The summed E-state index contributed by atoms with van der Waals surface area (Å²) in [6.45, 7) is 6.20. The monoisotopic (exact) mass is 285 g/mol. The van der Waals surface area contributed by atoms with Crippen LogP contribution in [0.1, 0.15) is 41.5 Å². The molecule has 21 heavy (non-hydrogen) atoms. The average molecular weight is 285 g/mol. The van der Waals surface area contributed by atoms with Crippen molar-refractivity contribution in [1.82, 2.24) is 4.57 Å². The van der Waals surface area contributed by atoms with Gasteiger partial charge in [-0.15, -0.1) is 0 Å². The Morgan fingerprint density at radius 3 is 2.14 bits per heavy atom. The Labute approximate surface area is 123 Å². The number of nitrogens with one attached hydrogen (secondary N) is 1. The lowest BCUT2D eigenvalue weighted by Gasteiger charge is -2.20. The predicted octanol–water partition coefficient (Wildman–Crippen LogP) is 2.59. The van der Waals surface area contributed by atoms with Gasteiger partial charge < -0.3 is 15.6 Å². The summed E-state index contributed by atoms with van der Waals surface area (Å²) in [6, 6.07) is 8.24. The maximum atomic E-state index is 12.2. The third kappa shape index (κ3) is 3.51. The van der Waals surface area contributed by atoms with Crippen LogP contribution in [-0.2, 0) is 5.54 Å². The van der Waals surface area contributed by atoms with Crippen molar-refractivity contribution < 1.29 is 9.59 Å². The Morgan fingerprint density at radius 2 is 1.67 bits per heavy atom. The normalized spacial score (nSPS) is 11.2. The molecule has 0 aliphatic carbocycles. The van der Waals surface area contributed by atoms with Crippen molar-refractivity contribution >= 4 is 17.5 Å². The van der Waals surface area contributed by atoms with Gasteiger partial charge in [0.25, 0.3) is 5.91 Å². The van der Waals surface area contributed by atoms with Crippen LogP contribution >= 0.6 is 0 Å². The van der Waals surface area contributed by atoms with Gasteiger partial charge in [-0.1, -0.05) is 0 Å². The van der Waals surface area contributed by atoms with E-state index in [0.717, 1.165) is 0 Å². The number of anilines is 1. The lowest BCUT2D eigenvalue weighted by atomic mass is 10.1. The molecule has 2 aromatic rings. The number of benzene rings is 1. The van der Waals surface area contributed by atoms with Gasteiger partial charge in [-0.3, -0.25) is 9.59 Å². The molecule has 3 N–H and O–H groups in total. The highest BCUT2D eigenvalue weighted by Crippen LogP contribution is 2.17. The second kappa shape index (κ2) is 5.44. The Hall–Kier alpha value is -2.56. The zero-order chi connectivity index (χ0) is 15.6. The topological polar surface area (TPSA) is 77.1 Å². The van der Waals surface area contributed by atoms with Crippen molar-refractivity contribution in [3.8, 4) is 0 Å². The van der Waals surface area contributed by atoms with Gasteiger partial charge in [0.15, 0.2) is 0 Å². The SMILES string of the molecule is CC(C)(C)n1ccc(C(=O)Nc2ccc(C(N)=O)cc2)c1. The zero-order valence-corrected chi connectivity index (χ0v) is 12.4. The Balaban J connectivity index is 2.11. The summed E-state index contributed by atoms with van der Waals surface area (Å²) < 4.78 is 1.98. The molecule has 1 heterocycles. The highest BCUT2D eigenvalue weighted by atomic mass is 16.2. The van der Waals surface area contributed by atoms with Crippen molar-refractivity contribution in [2.24, 2.45) is 5.73 Å². The summed E-state index contributed by atoms with van der Waals surface area (Å²) in [5.41, 5.74) is 6.72. The molecule has 0 aliphatic rings. The van der Waals surface area contributed by atoms with E-state index in [-0.39, 0.29) is 11.4 Å². The standard InChI is InChI=1S/C16H19N3O2/c1-16(2,3)19-9-8-12(10-19)15(21)18-13-6-4-11(5-7-13)14(17)20/h4-10H,1-3H3,(H2,17,20)(H,18,21). The third-order valence-electron chi connectivity index (χ3n) is 3.16. The third-order valence-corrected chi connectivity index (χ3v) is 3.16. The number of nitrogens with two attached hydrogens (primary N) is 1. The number of nitrogens with zero attached hydrogens (tertiary/aromatic N) is 1. The summed E-state index contributed by atoms with van der Waals surface area (Å²) in [5.74, 6) is -0.681. The maximum Gasteiger partial charge on any atom is 0.257 e. The molecule has 5 heteroatoms. The number of hydrogen-bond acceptors (Lipinski definition) is 2. The first-order chi connectivity index (χ1) is 9.77. The quantitative estimate of drug-likeness (QED) is 0.909. The fourth-order valence-corrected chi connectivity index (χ4v) is 1.87. The van der Waals surface area contributed by atoms with Gasteiger partial charge >= 0.3 is 0 Å². The van der Waals surface area contributed by atoms with Crippen LogP contribution in [0.2, 0.25) is 0 Å². The second-order valence-electron chi connectivity index (χ2n) is 5.87. The van der Waals surface area contributed by atoms with Crippen molar-refractivity contribution in [3.63, 3.8) is 0 Å². The number of amides is 2. The zero-order valence-electron chi connectivity index (χ0n) is 12.4. The van der Waals surface area contributed by atoms with Crippen molar-refractivity contribution in [1.29, 1.82) is 0 Å². The molecule has 0 atom stereocenters. The first kappa shape index (κ1) is 14.8. The summed E-state index contributed by atoms with van der Waals surface area (Å²) in [5, 5.41) is 2.78. The molecule has 0 saturated carbocycles. The smallest absolute Gasteiger partial charge is 0.257 e. The molecular formula is C16H19N3O2. The van der Waals surface area contributed by atoms with E-state index in [1.807, 2.05) is 17.0 Å². The number of hydrogen-bond donors (Lipinski definition) is 2. The van der Waals surface area contributed by atoms with E-state index in [9.17, 15) is 9.59 Å². The lowest BCUT2D eigenvalue weighted by Crippen LogP contribution is -2.20. The summed E-state index contributed by atoms with van der Waals surface area (Å²) in [4.78, 5) is 23.1. The van der Waals surface area contributed by atoms with Gasteiger partial charge in [-0.25, -0.2) is 0 Å². The van der Waals surface area contributed by atoms with E-state index in [4.69, 9.17) is 5.73 Å². The summed E-state index contributed by atoms with van der Waals surface area (Å²) in [7, 11) is 0. The summed E-state index contributed by atoms with van der Waals surface area (Å²) >= 11 is 0. The van der Waals surface area contributed by atoms with Crippen LogP contribution < -0.4 is 11.1 Å². The molecule has 1 aromatic carbocycles. The van der Waals surface area contributed by atoms with Gasteiger partial charge in [0.05, 0.1) is 5.56 Å². The first-order valence-electron chi connectivity index (χ1n) is 6.67. The Kier molecular flexibility index (Phi) is 3.84. The van der Waals surface area contributed by atoms with E-state index in [2.05, 4.69) is 26.1 Å². The van der Waals surface area contributed by atoms with Crippen LogP contribution in [0.15, 0.2) is 42.7 Å². The number of rotatable bonds is 3. The molecule has 0 aliphatic heterocycles. The number of aromatic nitrogens is 1. The van der Waals surface area contributed by atoms with Gasteiger partial charge in [-0.05, 0) is 51.1 Å². The minimum Gasteiger partial charge on any atom is -0.366 e. The van der Waals surface area contributed by atoms with E-state index in [1.165, 1.54) is 0 Å². The van der Waals surface area contributed by atoms with Crippen LogP contribution in [0.3, 0.4) is 0 Å². The number of carbonyl (C=O) groups is 2. The van der Waals surface area contributed by atoms with E-state index < -0.39 is 5.91 Å². The van der Waals surface area contributed by atoms with Crippen molar-refractivity contribution in [3.05, 3.63) is 53.9 Å². The number of carbonyl (C=O) groups excluding carboxylic acids is 2. The van der Waals surface area contributed by atoms with Crippen LogP contribution in [0.5, 0.6) is 0 Å². The van der Waals surface area contributed by atoms with Crippen LogP contribution in [0, 0.1) is 0 Å². The number of primary amides is 1. The first-order valence-corrected chi connectivity index (χ1v) is 6.67. The molecular weight excluding hydrogens is 266 g/mol. The second-order valence-corrected chi connectivity index (χ2v) is 5.87. The van der Waals surface area contributed by atoms with Gasteiger partial charge in [0, 0.05) is 29.2 Å². The fourth-order valence-electron chi connectivity index (χ4n) is 1.87. The maximum absolute atomic E-state index is 12.2. The van der Waals surface area contributed by atoms with E-state index >= 15 is 0 Å². The summed E-state index contributed by atoms with van der Waals surface area (Å²) in [6.07, 6.45) is 3.69. The van der Waals surface area contributed by atoms with Crippen LogP contribution in [-0.4, -0.2) is 16.4 Å². The predicted molar refractivity (Wildman–Crippen MR) is 82.3 cm³/mol. The molecule has 2 rings (SSSR count). The molecule has 2 amide bonds. The highest BCUT2D eigenvalue weighted by molar-refractivity contribution is 6.04. The Bertz CT molecular complexity index is 664. The highest BCUT2D eigenvalue weighted by Gasteiger charge is 2.15. The van der Waals surface area contributed by atoms with Gasteiger partial charge in [-0.2, -0.15) is 0 Å². The van der Waals surface area contributed by atoms with Gasteiger partial charge in [0.1, 0.15) is 0 Å². The molecule has 0 fully saturated rings. The molecule has 5 nitrogen and oxygen atoms in total. The van der Waals surface area contributed by atoms with Crippen molar-refractivity contribution in [2.45, 2.75) is 26.3 Å². The molecule has 0 saturated heterocycles. The molecule has 0 bridgehead atoms. The largest absolute Gasteiger partial charge is 0.366 e. The van der Waals surface area contributed by atoms with E-state index in [1.54, 1.807) is 30.3 Å². The van der Waals surface area contributed by atoms with Crippen molar-refractivity contribution in [2.75, 3.05) is 5.32 Å². The molecule has 0 radical (unpaired) electrons. The van der Waals surface area contributed by atoms with Crippen LogP contribution in [0.4, 0.5) is 5.69 Å². The fraction of sp³-hybridized carbons (Fsp3) is 0.250.